The van der Waals surface area contributed by atoms with E-state index in [2.05, 4.69) is 16.9 Å². The molecule has 1 N–H and O–H groups in total. The van der Waals surface area contributed by atoms with E-state index < -0.39 is 33.9 Å². The highest BCUT2D eigenvalue weighted by atomic mass is 32.2. The van der Waals surface area contributed by atoms with Crippen molar-refractivity contribution in [1.82, 2.24) is 14.1 Å². The van der Waals surface area contributed by atoms with E-state index >= 15 is 0 Å². The van der Waals surface area contributed by atoms with Crippen LogP contribution < -0.4 is 4.74 Å². The van der Waals surface area contributed by atoms with Crippen LogP contribution in [0.3, 0.4) is 0 Å². The lowest BCUT2D eigenvalue weighted by Gasteiger charge is -2.23. The first-order chi connectivity index (χ1) is 18.1. The molecule has 9 nitrogen and oxygen atoms in total. The SMILES string of the molecule is CC#CCOC[C@H]1C[C@@H](n2nc(CC(=O)O)c3ccc(F)cc32)CN1S(=O)(=O)c1ccc(OC(C)C)cc1. The number of hydrogen-bond acceptors (Lipinski definition) is 6. The first-order valence-electron chi connectivity index (χ1n) is 12.2. The summed E-state index contributed by atoms with van der Waals surface area (Å²) in [6, 6.07) is 9.28. The molecule has 1 aromatic heterocycles. The van der Waals surface area contributed by atoms with E-state index in [-0.39, 0.29) is 37.2 Å². The Morgan fingerprint density at radius 1 is 1.24 bits per heavy atom. The normalized spacial score (nSPS) is 18.0. The number of carboxylic acids is 1. The second kappa shape index (κ2) is 11.5. The van der Waals surface area contributed by atoms with E-state index in [4.69, 9.17) is 9.47 Å². The van der Waals surface area contributed by atoms with Gasteiger partial charge in [0.15, 0.2) is 0 Å². The lowest BCUT2D eigenvalue weighted by atomic mass is 10.1. The van der Waals surface area contributed by atoms with Gasteiger partial charge in [0.25, 0.3) is 0 Å². The standard InChI is InChI=1S/C27H30FN3O6S/c1-4-5-12-36-17-21-14-20(31-26-13-19(28)6-11-24(26)25(29-31)15-27(32)33)16-30(21)38(34,35)23-9-7-22(8-10-23)37-18(2)3/h6-11,13,18,20-21H,12,14-17H2,1-3H3,(H,32,33)/t20-,21-/m1/s1. The number of ether oxygens (including phenoxy) is 2. The number of benzene rings is 2. The average Bonchev–Trinajstić information content (AvgIpc) is 3.43. The van der Waals surface area contributed by atoms with Crippen molar-refractivity contribution in [2.45, 2.75) is 56.7 Å². The third kappa shape index (κ3) is 5.99. The maximum Gasteiger partial charge on any atom is 0.309 e. The summed E-state index contributed by atoms with van der Waals surface area (Å²) in [5, 5.41) is 14.3. The highest BCUT2D eigenvalue weighted by Crippen LogP contribution is 2.35. The number of nitrogens with zero attached hydrogens (tertiary/aromatic N) is 3. The van der Waals surface area contributed by atoms with Crippen molar-refractivity contribution in [2.24, 2.45) is 0 Å². The molecule has 0 saturated carbocycles. The van der Waals surface area contributed by atoms with Crippen LogP contribution in [0.15, 0.2) is 47.4 Å². The predicted octanol–water partition coefficient (Wildman–Crippen LogP) is 3.63. The lowest BCUT2D eigenvalue weighted by molar-refractivity contribution is -0.136. The van der Waals surface area contributed by atoms with Gasteiger partial charge in [-0.15, -0.1) is 5.92 Å². The Kier molecular flexibility index (Phi) is 8.35. The second-order valence-electron chi connectivity index (χ2n) is 9.32. The average molecular weight is 544 g/mol. The molecule has 1 fully saturated rings. The largest absolute Gasteiger partial charge is 0.491 e. The van der Waals surface area contributed by atoms with Crippen molar-refractivity contribution in [1.29, 1.82) is 0 Å². The molecule has 0 aliphatic carbocycles. The molecule has 0 unspecified atom stereocenters. The minimum atomic E-state index is -3.94. The number of halogens is 1. The third-order valence-electron chi connectivity index (χ3n) is 6.22. The van der Waals surface area contributed by atoms with Crippen molar-refractivity contribution < 1.29 is 32.2 Å². The van der Waals surface area contributed by atoms with Gasteiger partial charge in [-0.3, -0.25) is 9.48 Å². The smallest absolute Gasteiger partial charge is 0.309 e. The van der Waals surface area contributed by atoms with E-state index in [0.717, 1.165) is 0 Å². The van der Waals surface area contributed by atoms with Crippen LogP contribution in [0.25, 0.3) is 10.9 Å². The topological polar surface area (TPSA) is 111 Å². The molecule has 11 heteroatoms. The maximum absolute atomic E-state index is 14.2. The summed E-state index contributed by atoms with van der Waals surface area (Å²) in [5.74, 6) is 4.55. The van der Waals surface area contributed by atoms with Gasteiger partial charge in [-0.05, 0) is 69.7 Å². The van der Waals surface area contributed by atoms with E-state index in [9.17, 15) is 22.7 Å². The van der Waals surface area contributed by atoms with Crippen LogP contribution in [0.1, 0.15) is 38.9 Å². The van der Waals surface area contributed by atoms with E-state index in [1.165, 1.54) is 34.6 Å². The van der Waals surface area contributed by atoms with Crippen LogP contribution in [-0.4, -0.2) is 65.5 Å². The summed E-state index contributed by atoms with van der Waals surface area (Å²) in [6.07, 6.45) is -0.0476. The first-order valence-corrected chi connectivity index (χ1v) is 13.7. The summed E-state index contributed by atoms with van der Waals surface area (Å²) < 4.78 is 55.9. The summed E-state index contributed by atoms with van der Waals surface area (Å²) in [4.78, 5) is 11.5. The van der Waals surface area contributed by atoms with Gasteiger partial charge in [0.2, 0.25) is 10.0 Å². The lowest BCUT2D eigenvalue weighted by Crippen LogP contribution is -2.38. The zero-order chi connectivity index (χ0) is 27.4. The van der Waals surface area contributed by atoms with Gasteiger partial charge in [-0.1, -0.05) is 5.92 Å². The fourth-order valence-electron chi connectivity index (χ4n) is 4.63. The summed E-state index contributed by atoms with van der Waals surface area (Å²) in [7, 11) is -3.94. The second-order valence-corrected chi connectivity index (χ2v) is 11.2. The Morgan fingerprint density at radius 2 is 1.97 bits per heavy atom. The quantitative estimate of drug-likeness (QED) is 0.307. The summed E-state index contributed by atoms with van der Waals surface area (Å²) in [5.41, 5.74) is 0.706. The molecule has 202 valence electrons. The molecule has 0 amide bonds. The number of fused-ring (bicyclic) bond motifs is 1. The Labute approximate surface area is 221 Å². The molecule has 1 aliphatic rings. The molecule has 38 heavy (non-hydrogen) atoms. The minimum Gasteiger partial charge on any atom is -0.491 e. The van der Waals surface area contributed by atoms with Crippen LogP contribution >= 0.6 is 0 Å². The number of rotatable bonds is 10. The van der Waals surface area contributed by atoms with Crippen LogP contribution in [0.2, 0.25) is 0 Å². The molecule has 0 spiro atoms. The maximum atomic E-state index is 14.2. The molecule has 2 heterocycles. The number of carbonyl (C=O) groups is 1. The van der Waals surface area contributed by atoms with Gasteiger partial charge in [0.05, 0.1) is 47.3 Å². The van der Waals surface area contributed by atoms with Gasteiger partial charge in [-0.25, -0.2) is 12.8 Å². The molecule has 3 aromatic rings. The molecule has 0 radical (unpaired) electrons. The zero-order valence-electron chi connectivity index (χ0n) is 21.4. The molecule has 1 saturated heterocycles. The van der Waals surface area contributed by atoms with Crippen molar-refractivity contribution in [3.05, 3.63) is 54.0 Å². The minimum absolute atomic E-state index is 0.0516. The third-order valence-corrected chi connectivity index (χ3v) is 8.15. The first kappa shape index (κ1) is 27.6. The van der Waals surface area contributed by atoms with Crippen molar-refractivity contribution >= 4 is 26.9 Å². The molecule has 1 aliphatic heterocycles. The van der Waals surface area contributed by atoms with Gasteiger partial charge in [0.1, 0.15) is 18.2 Å². The molecule has 2 aromatic carbocycles. The van der Waals surface area contributed by atoms with Crippen LogP contribution in [0.4, 0.5) is 4.39 Å². The van der Waals surface area contributed by atoms with Gasteiger partial charge < -0.3 is 14.6 Å². The number of hydrogen-bond donors (Lipinski definition) is 1. The molecular weight excluding hydrogens is 513 g/mol. The van der Waals surface area contributed by atoms with Crippen LogP contribution in [0.5, 0.6) is 5.75 Å². The Morgan fingerprint density at radius 3 is 2.63 bits per heavy atom. The van der Waals surface area contributed by atoms with Crippen molar-refractivity contribution in [3.63, 3.8) is 0 Å². The van der Waals surface area contributed by atoms with Gasteiger partial charge in [0, 0.05) is 11.9 Å². The number of aliphatic carboxylic acids is 1. The highest BCUT2D eigenvalue weighted by Gasteiger charge is 2.42. The van der Waals surface area contributed by atoms with E-state index in [1.807, 2.05) is 13.8 Å². The Hall–Kier alpha value is -3.46. The number of aromatic nitrogens is 2. The fraction of sp³-hybridized carbons (Fsp3) is 0.407. The summed E-state index contributed by atoms with van der Waals surface area (Å²) in [6.45, 7) is 5.78. The van der Waals surface area contributed by atoms with Gasteiger partial charge in [-0.2, -0.15) is 9.40 Å². The van der Waals surface area contributed by atoms with Crippen LogP contribution in [-0.2, 0) is 26.0 Å². The van der Waals surface area contributed by atoms with E-state index in [1.54, 1.807) is 23.7 Å². The van der Waals surface area contributed by atoms with Crippen molar-refractivity contribution in [2.75, 3.05) is 19.8 Å². The molecule has 4 rings (SSSR count). The summed E-state index contributed by atoms with van der Waals surface area (Å²) >= 11 is 0. The molecule has 2 atom stereocenters. The predicted molar refractivity (Wildman–Crippen MR) is 139 cm³/mol. The monoisotopic (exact) mass is 543 g/mol. The van der Waals surface area contributed by atoms with E-state index in [0.29, 0.717) is 28.8 Å². The van der Waals surface area contributed by atoms with Crippen LogP contribution in [0, 0.1) is 17.7 Å². The Bertz CT molecular complexity index is 1470. The van der Waals surface area contributed by atoms with Crippen molar-refractivity contribution in [3.8, 4) is 17.6 Å². The number of sulfonamides is 1. The number of carboxylic acid groups (broad SMARTS) is 1. The highest BCUT2D eigenvalue weighted by molar-refractivity contribution is 7.89. The molecular formula is C27H30FN3O6S. The fourth-order valence-corrected chi connectivity index (χ4v) is 6.29. The Balaban J connectivity index is 1.69. The van der Waals surface area contributed by atoms with Gasteiger partial charge >= 0.3 is 5.97 Å². The molecule has 0 bridgehead atoms. The zero-order valence-corrected chi connectivity index (χ0v) is 22.2.